The number of aromatic nitrogens is 2. The van der Waals surface area contributed by atoms with Crippen molar-refractivity contribution in [1.29, 1.82) is 0 Å². The van der Waals surface area contributed by atoms with Crippen LogP contribution in [0.4, 0.5) is 5.95 Å². The highest BCUT2D eigenvalue weighted by Gasteiger charge is 2.37. The van der Waals surface area contributed by atoms with Gasteiger partial charge in [-0.1, -0.05) is 20.8 Å². The number of carbonyl (C=O) groups is 1. The minimum Gasteiger partial charge on any atom is -0.479 e. The summed E-state index contributed by atoms with van der Waals surface area (Å²) in [6.45, 7) is 7.85. The van der Waals surface area contributed by atoms with Crippen molar-refractivity contribution in [2.75, 3.05) is 18.0 Å². The molecule has 2 saturated heterocycles. The fourth-order valence-electron chi connectivity index (χ4n) is 3.31. The molecule has 3 heterocycles. The molecule has 2 atom stereocenters. The van der Waals surface area contributed by atoms with Gasteiger partial charge < -0.3 is 19.3 Å². The standard InChI is InChI=1S/C16H25N3O4/c1-16(2,3)14-17-15(18-23-14)19-8-6-10(7-9-19)11-4-5-12(22-11)13(20)21/h10-12H,4-9H2,1-3H3,(H,20,21)/t11-,12+/m0/s1. The van der Waals surface area contributed by atoms with E-state index in [1.54, 1.807) is 0 Å². The average molecular weight is 323 g/mol. The highest BCUT2D eigenvalue weighted by molar-refractivity contribution is 5.72. The second-order valence-corrected chi connectivity index (χ2v) is 7.55. The van der Waals surface area contributed by atoms with Crippen molar-refractivity contribution in [2.24, 2.45) is 5.92 Å². The van der Waals surface area contributed by atoms with Crippen molar-refractivity contribution in [1.82, 2.24) is 10.1 Å². The largest absolute Gasteiger partial charge is 0.479 e. The molecule has 2 aliphatic rings. The fraction of sp³-hybridized carbons (Fsp3) is 0.812. The Bertz CT molecular complexity index is 558. The van der Waals surface area contributed by atoms with Gasteiger partial charge in [-0.05, 0) is 36.8 Å². The number of aliphatic carboxylic acids is 1. The topological polar surface area (TPSA) is 88.7 Å². The van der Waals surface area contributed by atoms with Crippen LogP contribution in [0.25, 0.3) is 0 Å². The number of ether oxygens (including phenoxy) is 1. The van der Waals surface area contributed by atoms with E-state index in [1.807, 2.05) is 20.8 Å². The molecule has 0 amide bonds. The van der Waals surface area contributed by atoms with Crippen LogP contribution in [0.2, 0.25) is 0 Å². The summed E-state index contributed by atoms with van der Waals surface area (Å²) in [6.07, 6.45) is 2.86. The maximum absolute atomic E-state index is 11.0. The lowest BCUT2D eigenvalue weighted by Gasteiger charge is -2.33. The Morgan fingerprint density at radius 1 is 1.22 bits per heavy atom. The first-order chi connectivity index (χ1) is 10.8. The van der Waals surface area contributed by atoms with E-state index in [1.165, 1.54) is 0 Å². The van der Waals surface area contributed by atoms with Gasteiger partial charge in [-0.2, -0.15) is 4.98 Å². The van der Waals surface area contributed by atoms with E-state index in [0.717, 1.165) is 32.4 Å². The summed E-state index contributed by atoms with van der Waals surface area (Å²) in [5.74, 6) is 0.887. The highest BCUT2D eigenvalue weighted by Crippen LogP contribution is 2.33. The summed E-state index contributed by atoms with van der Waals surface area (Å²) < 4.78 is 11.0. The van der Waals surface area contributed by atoms with Crippen molar-refractivity contribution in [3.8, 4) is 0 Å². The molecule has 7 heteroatoms. The molecule has 3 rings (SSSR count). The summed E-state index contributed by atoms with van der Waals surface area (Å²) in [5.41, 5.74) is -0.146. The zero-order valence-electron chi connectivity index (χ0n) is 14.0. The monoisotopic (exact) mass is 323 g/mol. The molecule has 0 saturated carbocycles. The van der Waals surface area contributed by atoms with Crippen LogP contribution in [0.1, 0.15) is 52.3 Å². The van der Waals surface area contributed by atoms with Gasteiger partial charge >= 0.3 is 5.97 Å². The van der Waals surface area contributed by atoms with E-state index in [2.05, 4.69) is 15.0 Å². The summed E-state index contributed by atoms with van der Waals surface area (Å²) >= 11 is 0. The van der Waals surface area contributed by atoms with E-state index in [0.29, 0.717) is 24.2 Å². The number of anilines is 1. The van der Waals surface area contributed by atoms with Crippen LogP contribution in [0.15, 0.2) is 4.52 Å². The lowest BCUT2D eigenvalue weighted by molar-refractivity contribution is -0.150. The molecular weight excluding hydrogens is 298 g/mol. The first kappa shape index (κ1) is 16.2. The molecule has 0 unspecified atom stereocenters. The van der Waals surface area contributed by atoms with E-state index in [-0.39, 0.29) is 11.5 Å². The zero-order chi connectivity index (χ0) is 16.6. The SMILES string of the molecule is CC(C)(C)c1nc(N2CCC([C@@H]3CC[C@H](C(=O)O)O3)CC2)no1. The molecule has 0 radical (unpaired) electrons. The molecule has 1 aromatic heterocycles. The number of carboxylic acids is 1. The zero-order valence-corrected chi connectivity index (χ0v) is 14.0. The molecule has 7 nitrogen and oxygen atoms in total. The third-order valence-corrected chi connectivity index (χ3v) is 4.73. The fourth-order valence-corrected chi connectivity index (χ4v) is 3.31. The third kappa shape index (κ3) is 3.49. The van der Waals surface area contributed by atoms with Gasteiger partial charge in [-0.25, -0.2) is 4.79 Å². The van der Waals surface area contributed by atoms with Gasteiger partial charge in [-0.15, -0.1) is 0 Å². The summed E-state index contributed by atoms with van der Waals surface area (Å²) in [6, 6.07) is 0. The van der Waals surface area contributed by atoms with Crippen molar-refractivity contribution in [2.45, 2.75) is 64.1 Å². The van der Waals surface area contributed by atoms with Crippen molar-refractivity contribution >= 4 is 11.9 Å². The summed E-state index contributed by atoms with van der Waals surface area (Å²) in [5, 5.41) is 13.1. The lowest BCUT2D eigenvalue weighted by atomic mass is 9.90. The molecule has 128 valence electrons. The second kappa shape index (κ2) is 6.11. The number of piperidine rings is 1. The van der Waals surface area contributed by atoms with Crippen LogP contribution in [0, 0.1) is 5.92 Å². The third-order valence-electron chi connectivity index (χ3n) is 4.73. The molecule has 23 heavy (non-hydrogen) atoms. The van der Waals surface area contributed by atoms with Crippen LogP contribution in [0.5, 0.6) is 0 Å². The smallest absolute Gasteiger partial charge is 0.332 e. The van der Waals surface area contributed by atoms with Crippen LogP contribution in [-0.4, -0.2) is 46.5 Å². The van der Waals surface area contributed by atoms with Crippen LogP contribution < -0.4 is 4.90 Å². The van der Waals surface area contributed by atoms with E-state index >= 15 is 0 Å². The van der Waals surface area contributed by atoms with Crippen molar-refractivity contribution in [3.63, 3.8) is 0 Å². The molecule has 1 N–H and O–H groups in total. The van der Waals surface area contributed by atoms with E-state index < -0.39 is 12.1 Å². The Labute approximate surface area is 136 Å². The molecule has 0 bridgehead atoms. The summed E-state index contributed by atoms with van der Waals surface area (Å²) in [4.78, 5) is 17.6. The maximum atomic E-state index is 11.0. The van der Waals surface area contributed by atoms with Crippen molar-refractivity contribution in [3.05, 3.63) is 5.89 Å². The Hall–Kier alpha value is -1.63. The molecule has 2 aliphatic heterocycles. The van der Waals surface area contributed by atoms with Gasteiger partial charge in [0, 0.05) is 18.5 Å². The Morgan fingerprint density at radius 2 is 1.91 bits per heavy atom. The minimum atomic E-state index is -0.841. The normalized spacial score (nSPS) is 26.7. The minimum absolute atomic E-state index is 0.0775. The number of carboxylic acid groups (broad SMARTS) is 1. The number of nitrogens with zero attached hydrogens (tertiary/aromatic N) is 3. The molecule has 0 aromatic carbocycles. The van der Waals surface area contributed by atoms with Gasteiger partial charge in [0.1, 0.15) is 0 Å². The van der Waals surface area contributed by atoms with Crippen LogP contribution in [0.3, 0.4) is 0 Å². The number of hydrogen-bond donors (Lipinski definition) is 1. The Balaban J connectivity index is 1.55. The average Bonchev–Trinajstić information content (AvgIpc) is 3.16. The van der Waals surface area contributed by atoms with Gasteiger partial charge in [0.15, 0.2) is 6.10 Å². The number of hydrogen-bond acceptors (Lipinski definition) is 6. The second-order valence-electron chi connectivity index (χ2n) is 7.55. The van der Waals surface area contributed by atoms with Crippen LogP contribution >= 0.6 is 0 Å². The van der Waals surface area contributed by atoms with Gasteiger partial charge in [0.05, 0.1) is 6.10 Å². The molecular formula is C16H25N3O4. The van der Waals surface area contributed by atoms with E-state index in [9.17, 15) is 4.79 Å². The number of rotatable bonds is 3. The Kier molecular flexibility index (Phi) is 4.31. The maximum Gasteiger partial charge on any atom is 0.332 e. The van der Waals surface area contributed by atoms with Crippen molar-refractivity contribution < 1.29 is 19.2 Å². The first-order valence-corrected chi connectivity index (χ1v) is 8.32. The highest BCUT2D eigenvalue weighted by atomic mass is 16.5. The van der Waals surface area contributed by atoms with Gasteiger partial charge in [-0.3, -0.25) is 0 Å². The van der Waals surface area contributed by atoms with Gasteiger partial charge in [0.2, 0.25) is 5.89 Å². The molecule has 1 aromatic rings. The Morgan fingerprint density at radius 3 is 2.43 bits per heavy atom. The van der Waals surface area contributed by atoms with Gasteiger partial charge in [0.25, 0.3) is 5.95 Å². The first-order valence-electron chi connectivity index (χ1n) is 8.32. The summed E-state index contributed by atoms with van der Waals surface area (Å²) in [7, 11) is 0. The predicted molar refractivity (Wildman–Crippen MR) is 83.5 cm³/mol. The molecule has 0 aliphatic carbocycles. The quantitative estimate of drug-likeness (QED) is 0.912. The lowest BCUT2D eigenvalue weighted by Crippen LogP contribution is -2.38. The van der Waals surface area contributed by atoms with Crippen LogP contribution in [-0.2, 0) is 14.9 Å². The van der Waals surface area contributed by atoms with E-state index in [4.69, 9.17) is 14.4 Å². The molecule has 2 fully saturated rings. The predicted octanol–water partition coefficient (Wildman–Crippen LogP) is 2.22. The molecule has 0 spiro atoms.